The Labute approximate surface area is 348 Å². The second-order valence-electron chi connectivity index (χ2n) is 21.6. The number of hydrogen-bond donors (Lipinski definition) is 2. The maximum Gasteiger partial charge on any atom is 0.237 e. The van der Waals surface area contributed by atoms with E-state index >= 15 is 4.79 Å². The van der Waals surface area contributed by atoms with Gasteiger partial charge in [0.15, 0.2) is 11.6 Å². The minimum Gasteiger partial charge on any atom is -0.346 e. The number of likely N-dealkylation sites (tertiary alicyclic amines) is 2. The number of piperidine rings is 1. The molecule has 7 aliphatic rings. The Bertz CT molecular complexity index is 1700. The molecule has 2 saturated heterocycles. The SMILES string of the molecule is CCN1CCC[C@@H](C(=O)N[C@H](C(=O)C[C@H](C(=O)N2C[C@]3(C[C@H]2C(=O)C[C@@H](CC2CCC2)C(=O)NS(=O)(=O)C2CC2)C(C)(C)C32CCC2)C(C)(C)C)C2CCCCC2)C1. The van der Waals surface area contributed by atoms with Crippen molar-refractivity contribution in [2.24, 2.45) is 51.2 Å². The van der Waals surface area contributed by atoms with E-state index in [-0.39, 0.29) is 70.2 Å². The van der Waals surface area contributed by atoms with Crippen LogP contribution in [0.15, 0.2) is 0 Å². The molecule has 7 rings (SSSR count). The summed E-state index contributed by atoms with van der Waals surface area (Å²) < 4.78 is 28.1. The lowest BCUT2D eigenvalue weighted by Gasteiger charge is -2.38. The molecule has 12 heteroatoms. The number of Topliss-reactive ketones (excluding diaryl/α,β-unsaturated/α-hetero) is 2. The summed E-state index contributed by atoms with van der Waals surface area (Å²) in [6, 6.07) is -1.40. The quantitative estimate of drug-likeness (QED) is 0.177. The summed E-state index contributed by atoms with van der Waals surface area (Å²) in [6.45, 7) is 15.7. The van der Waals surface area contributed by atoms with Gasteiger partial charge in [0.05, 0.1) is 23.3 Å². The van der Waals surface area contributed by atoms with Crippen LogP contribution in [-0.4, -0.2) is 91.0 Å². The van der Waals surface area contributed by atoms with Gasteiger partial charge in [-0.05, 0) is 105 Å². The highest BCUT2D eigenvalue weighted by Gasteiger charge is 2.85. The van der Waals surface area contributed by atoms with Gasteiger partial charge in [-0.2, -0.15) is 0 Å². The standard InChI is InChI=1S/C46H74N4O7S/c1-7-49-23-12-18-32(28-49)40(53)47-39(31-16-9-8-10-17-31)38(52)26-35(43(2,3)4)42(55)50-29-46(44(5,6)45(46)21-13-22-45)27-36(50)37(51)25-33(24-30-14-11-15-30)41(54)48-58(56,57)34-19-20-34/h30-36,39H,7-29H2,1-6H3,(H,47,53)(H,48,54)/t32-,33-,35-,36+,39+,46-/m1/s1. The molecule has 0 radical (unpaired) electrons. The van der Waals surface area contributed by atoms with Gasteiger partial charge in [-0.25, -0.2) is 8.42 Å². The minimum absolute atomic E-state index is 0.0137. The van der Waals surface area contributed by atoms with E-state index in [9.17, 15) is 27.6 Å². The van der Waals surface area contributed by atoms with E-state index in [1.807, 2.05) is 20.8 Å². The number of carbonyl (C=O) groups is 5. The molecular weight excluding hydrogens is 753 g/mol. The number of ketones is 2. The van der Waals surface area contributed by atoms with E-state index in [0.717, 1.165) is 96.6 Å². The highest BCUT2D eigenvalue weighted by Crippen LogP contribution is 2.88. The highest BCUT2D eigenvalue weighted by atomic mass is 32.2. The fourth-order valence-electron chi connectivity index (χ4n) is 12.6. The third kappa shape index (κ3) is 8.21. The Morgan fingerprint density at radius 3 is 2.07 bits per heavy atom. The molecular formula is C46H74N4O7S. The summed E-state index contributed by atoms with van der Waals surface area (Å²) in [5.74, 6) is -2.45. The van der Waals surface area contributed by atoms with Crippen LogP contribution in [-0.2, 0) is 34.0 Å². The largest absolute Gasteiger partial charge is 0.346 e. The van der Waals surface area contributed by atoms with Gasteiger partial charge >= 0.3 is 0 Å². The Hall–Kier alpha value is -2.34. The van der Waals surface area contributed by atoms with E-state index < -0.39 is 50.5 Å². The van der Waals surface area contributed by atoms with Gasteiger partial charge in [-0.15, -0.1) is 0 Å². The topological polar surface area (TPSA) is 150 Å². The van der Waals surface area contributed by atoms with Crippen molar-refractivity contribution in [3.05, 3.63) is 0 Å². The van der Waals surface area contributed by atoms with Gasteiger partial charge in [0.1, 0.15) is 0 Å². The van der Waals surface area contributed by atoms with Crippen LogP contribution in [0.25, 0.3) is 0 Å². The molecule has 7 fully saturated rings. The summed E-state index contributed by atoms with van der Waals surface area (Å²) in [7, 11) is -3.78. The lowest BCUT2D eigenvalue weighted by molar-refractivity contribution is -0.147. The maximum absolute atomic E-state index is 15.3. The van der Waals surface area contributed by atoms with Crippen LogP contribution in [0.3, 0.4) is 0 Å². The lowest BCUT2D eigenvalue weighted by atomic mass is 9.73. The molecule has 5 saturated carbocycles. The Morgan fingerprint density at radius 2 is 1.52 bits per heavy atom. The summed E-state index contributed by atoms with van der Waals surface area (Å²) in [5, 5.41) is 2.72. The molecule has 2 heterocycles. The van der Waals surface area contributed by atoms with Crippen molar-refractivity contribution >= 4 is 39.3 Å². The third-order valence-corrected chi connectivity index (χ3v) is 19.0. The number of rotatable bonds is 16. The molecule has 0 aromatic heterocycles. The second-order valence-corrected chi connectivity index (χ2v) is 23.6. The molecule has 0 aromatic carbocycles. The number of sulfonamides is 1. The number of hydrogen-bond acceptors (Lipinski definition) is 8. The van der Waals surface area contributed by atoms with Gasteiger partial charge in [-0.1, -0.05) is 86.5 Å². The Morgan fingerprint density at radius 1 is 0.828 bits per heavy atom. The van der Waals surface area contributed by atoms with E-state index in [2.05, 4.69) is 35.7 Å². The van der Waals surface area contributed by atoms with Crippen molar-refractivity contribution in [1.82, 2.24) is 19.8 Å². The van der Waals surface area contributed by atoms with E-state index in [1.54, 1.807) is 4.90 Å². The van der Waals surface area contributed by atoms with Crippen LogP contribution < -0.4 is 10.0 Å². The van der Waals surface area contributed by atoms with Gasteiger partial charge in [-0.3, -0.25) is 28.7 Å². The Balaban J connectivity index is 1.14. The van der Waals surface area contributed by atoms with Crippen molar-refractivity contribution < 1.29 is 32.4 Å². The average molecular weight is 827 g/mol. The average Bonchev–Trinajstić information content (AvgIpc) is 4.01. The lowest BCUT2D eigenvalue weighted by Crippen LogP contribution is -2.53. The molecule has 2 spiro atoms. The molecule has 3 amide bonds. The first-order valence-corrected chi connectivity index (χ1v) is 24.8. The Kier molecular flexibility index (Phi) is 12.4. The number of nitrogens with one attached hydrogen (secondary N) is 2. The van der Waals surface area contributed by atoms with Crippen molar-refractivity contribution in [2.75, 3.05) is 26.2 Å². The monoisotopic (exact) mass is 827 g/mol. The molecule has 0 bridgehead atoms. The predicted molar refractivity (Wildman–Crippen MR) is 224 cm³/mol. The number of amides is 3. The smallest absolute Gasteiger partial charge is 0.237 e. The summed E-state index contributed by atoms with van der Waals surface area (Å²) >= 11 is 0. The molecule has 6 atom stereocenters. The molecule has 2 N–H and O–H groups in total. The number of fused-ring (bicyclic) bond motifs is 1. The number of carbonyl (C=O) groups excluding carboxylic acids is 5. The van der Waals surface area contributed by atoms with E-state index in [0.29, 0.717) is 38.8 Å². The van der Waals surface area contributed by atoms with Gasteiger partial charge in [0.2, 0.25) is 27.7 Å². The predicted octanol–water partition coefficient (Wildman–Crippen LogP) is 6.58. The second kappa shape index (κ2) is 16.5. The van der Waals surface area contributed by atoms with Crippen molar-refractivity contribution in [3.8, 4) is 0 Å². The van der Waals surface area contributed by atoms with Gasteiger partial charge in [0, 0.05) is 43.2 Å². The first-order chi connectivity index (χ1) is 27.3. The van der Waals surface area contributed by atoms with E-state index in [1.165, 1.54) is 0 Å². The van der Waals surface area contributed by atoms with Crippen LogP contribution >= 0.6 is 0 Å². The van der Waals surface area contributed by atoms with Gasteiger partial charge in [0.25, 0.3) is 0 Å². The summed E-state index contributed by atoms with van der Waals surface area (Å²) in [5.41, 5.74) is -0.848. The van der Waals surface area contributed by atoms with Crippen molar-refractivity contribution in [1.29, 1.82) is 0 Å². The van der Waals surface area contributed by atoms with Gasteiger partial charge < -0.3 is 15.1 Å². The molecule has 58 heavy (non-hydrogen) atoms. The molecule has 0 unspecified atom stereocenters. The normalized spacial score (nSPS) is 30.2. The first-order valence-electron chi connectivity index (χ1n) is 23.3. The summed E-state index contributed by atoms with van der Waals surface area (Å²) in [4.78, 5) is 76.5. The molecule has 5 aliphatic carbocycles. The number of nitrogens with zero attached hydrogens (tertiary/aromatic N) is 2. The fourth-order valence-corrected chi connectivity index (χ4v) is 14.0. The fraction of sp³-hybridized carbons (Fsp3) is 0.891. The molecule has 2 aliphatic heterocycles. The van der Waals surface area contributed by atoms with Crippen molar-refractivity contribution in [3.63, 3.8) is 0 Å². The van der Waals surface area contributed by atoms with Crippen LogP contribution in [0, 0.1) is 51.2 Å². The molecule has 326 valence electrons. The zero-order chi connectivity index (χ0) is 41.8. The van der Waals surface area contributed by atoms with Crippen LogP contribution in [0.4, 0.5) is 0 Å². The van der Waals surface area contributed by atoms with Crippen molar-refractivity contribution in [2.45, 2.75) is 181 Å². The van der Waals surface area contributed by atoms with E-state index in [4.69, 9.17) is 0 Å². The van der Waals surface area contributed by atoms with Crippen LogP contribution in [0.5, 0.6) is 0 Å². The molecule has 0 aromatic rings. The zero-order valence-electron chi connectivity index (χ0n) is 36.5. The maximum atomic E-state index is 15.3. The highest BCUT2D eigenvalue weighted by molar-refractivity contribution is 7.90. The third-order valence-electron chi connectivity index (χ3n) is 17.2. The zero-order valence-corrected chi connectivity index (χ0v) is 37.4. The minimum atomic E-state index is -3.78. The van der Waals surface area contributed by atoms with Crippen LogP contribution in [0.2, 0.25) is 0 Å². The molecule has 11 nitrogen and oxygen atoms in total. The summed E-state index contributed by atoms with van der Waals surface area (Å²) in [6.07, 6.45) is 14.8. The van der Waals surface area contributed by atoms with Crippen LogP contribution in [0.1, 0.15) is 164 Å². The first kappa shape index (κ1) is 43.7.